The van der Waals surface area contributed by atoms with E-state index in [-0.39, 0.29) is 17.5 Å². The van der Waals surface area contributed by atoms with Gasteiger partial charge < -0.3 is 9.88 Å². The molecule has 0 radical (unpaired) electrons. The number of rotatable bonds is 5. The van der Waals surface area contributed by atoms with Crippen LogP contribution >= 0.6 is 0 Å². The van der Waals surface area contributed by atoms with E-state index < -0.39 is 0 Å². The Hall–Kier alpha value is -1.84. The van der Waals surface area contributed by atoms with Crippen LogP contribution in [0.3, 0.4) is 0 Å². The number of H-pyrrole nitrogens is 1. The van der Waals surface area contributed by atoms with Gasteiger partial charge in [0, 0.05) is 18.3 Å². The summed E-state index contributed by atoms with van der Waals surface area (Å²) in [7, 11) is 0. The molecule has 1 aliphatic heterocycles. The fraction of sp³-hybridized carbons (Fsp3) is 0.500. The van der Waals surface area contributed by atoms with Gasteiger partial charge in [-0.25, -0.2) is 0 Å². The maximum absolute atomic E-state index is 12.7. The first-order valence-corrected chi connectivity index (χ1v) is 7.37. The number of amides is 1. The van der Waals surface area contributed by atoms with Crippen molar-refractivity contribution >= 4 is 5.91 Å². The van der Waals surface area contributed by atoms with E-state index in [0.717, 1.165) is 25.0 Å². The number of carbonyl (C=O) groups excluding carboxylic acids is 1. The lowest BCUT2D eigenvalue weighted by molar-refractivity contribution is 0.0742. The fourth-order valence-electron chi connectivity index (χ4n) is 2.62. The first-order chi connectivity index (χ1) is 9.67. The van der Waals surface area contributed by atoms with Gasteiger partial charge in [-0.1, -0.05) is 38.8 Å². The maximum atomic E-state index is 12.7. The molecule has 1 aromatic rings. The number of nitrogens with zero attached hydrogens (tertiary/aromatic N) is 1. The lowest BCUT2D eigenvalue weighted by Crippen LogP contribution is -2.37. The van der Waals surface area contributed by atoms with Crippen molar-refractivity contribution < 1.29 is 4.79 Å². The van der Waals surface area contributed by atoms with Crippen molar-refractivity contribution in [2.75, 3.05) is 6.54 Å². The second-order valence-electron chi connectivity index (χ2n) is 5.16. The zero-order valence-corrected chi connectivity index (χ0v) is 12.2. The molecule has 1 N–H and O–H groups in total. The number of hydrogen-bond donors (Lipinski definition) is 1. The molecule has 1 aromatic heterocycles. The summed E-state index contributed by atoms with van der Waals surface area (Å²) in [6.45, 7) is 4.76. The Kier molecular flexibility index (Phi) is 4.77. The van der Waals surface area contributed by atoms with Crippen molar-refractivity contribution in [3.05, 3.63) is 45.9 Å². The van der Waals surface area contributed by atoms with Crippen LogP contribution in [0.15, 0.2) is 29.1 Å². The SMILES string of the molecule is CCCCC1C=CCN1C(=O)c1ccc(=O)[nH]c1CC. The molecule has 1 aliphatic rings. The number of carbonyl (C=O) groups is 1. The number of aromatic nitrogens is 1. The average molecular weight is 274 g/mol. The van der Waals surface area contributed by atoms with Crippen molar-refractivity contribution in [2.45, 2.75) is 45.6 Å². The van der Waals surface area contributed by atoms with Crippen molar-refractivity contribution in [1.29, 1.82) is 0 Å². The summed E-state index contributed by atoms with van der Waals surface area (Å²) in [6.07, 6.45) is 8.07. The van der Waals surface area contributed by atoms with Gasteiger partial charge in [-0.2, -0.15) is 0 Å². The summed E-state index contributed by atoms with van der Waals surface area (Å²) in [6, 6.07) is 3.27. The highest BCUT2D eigenvalue weighted by atomic mass is 16.2. The van der Waals surface area contributed by atoms with Crippen LogP contribution in [0.2, 0.25) is 0 Å². The van der Waals surface area contributed by atoms with Crippen LogP contribution in [-0.4, -0.2) is 28.4 Å². The van der Waals surface area contributed by atoms with Crippen LogP contribution in [0.4, 0.5) is 0 Å². The molecule has 0 bridgehead atoms. The molecule has 0 saturated heterocycles. The molecule has 2 rings (SSSR count). The number of nitrogens with one attached hydrogen (secondary N) is 1. The molecule has 0 spiro atoms. The van der Waals surface area contributed by atoms with Gasteiger partial charge in [0.2, 0.25) is 5.56 Å². The lowest BCUT2D eigenvalue weighted by Gasteiger charge is -2.25. The molecule has 4 heteroatoms. The van der Waals surface area contributed by atoms with Crippen molar-refractivity contribution in [3.63, 3.8) is 0 Å². The summed E-state index contributed by atoms with van der Waals surface area (Å²) < 4.78 is 0. The minimum absolute atomic E-state index is 0.0178. The summed E-state index contributed by atoms with van der Waals surface area (Å²) in [5.74, 6) is 0.0178. The van der Waals surface area contributed by atoms with Gasteiger partial charge in [0.25, 0.3) is 5.91 Å². The van der Waals surface area contributed by atoms with Crippen LogP contribution in [0.1, 0.15) is 49.2 Å². The Morgan fingerprint density at radius 1 is 1.40 bits per heavy atom. The topological polar surface area (TPSA) is 53.2 Å². The summed E-state index contributed by atoms with van der Waals surface area (Å²) in [5, 5.41) is 0. The van der Waals surface area contributed by atoms with Gasteiger partial charge in [0.15, 0.2) is 0 Å². The Balaban J connectivity index is 2.20. The summed E-state index contributed by atoms with van der Waals surface area (Å²) in [5.41, 5.74) is 1.20. The second kappa shape index (κ2) is 6.55. The third kappa shape index (κ3) is 3.00. The number of pyridine rings is 1. The van der Waals surface area contributed by atoms with Gasteiger partial charge in [-0.05, 0) is 18.9 Å². The van der Waals surface area contributed by atoms with E-state index in [9.17, 15) is 9.59 Å². The predicted molar refractivity (Wildman–Crippen MR) is 79.9 cm³/mol. The van der Waals surface area contributed by atoms with E-state index in [2.05, 4.69) is 24.1 Å². The molecule has 1 atom stereocenters. The molecule has 4 nitrogen and oxygen atoms in total. The molecule has 20 heavy (non-hydrogen) atoms. The zero-order chi connectivity index (χ0) is 14.5. The van der Waals surface area contributed by atoms with Crippen LogP contribution in [0, 0.1) is 0 Å². The highest BCUT2D eigenvalue weighted by molar-refractivity contribution is 5.96. The molecule has 0 aliphatic carbocycles. The van der Waals surface area contributed by atoms with E-state index in [1.165, 1.54) is 6.07 Å². The summed E-state index contributed by atoms with van der Waals surface area (Å²) >= 11 is 0. The van der Waals surface area contributed by atoms with E-state index in [1.807, 2.05) is 11.8 Å². The molecular weight excluding hydrogens is 252 g/mol. The Morgan fingerprint density at radius 2 is 2.20 bits per heavy atom. The first kappa shape index (κ1) is 14.6. The van der Waals surface area contributed by atoms with Gasteiger partial charge in [-0.15, -0.1) is 0 Å². The Morgan fingerprint density at radius 3 is 2.90 bits per heavy atom. The van der Waals surface area contributed by atoms with Crippen molar-refractivity contribution in [1.82, 2.24) is 9.88 Å². The molecule has 0 fully saturated rings. The largest absolute Gasteiger partial charge is 0.328 e. The van der Waals surface area contributed by atoms with Crippen molar-refractivity contribution in [3.8, 4) is 0 Å². The maximum Gasteiger partial charge on any atom is 0.256 e. The average Bonchev–Trinajstić information content (AvgIpc) is 2.92. The number of hydrogen-bond acceptors (Lipinski definition) is 2. The van der Waals surface area contributed by atoms with E-state index >= 15 is 0 Å². The molecular formula is C16H22N2O2. The third-order valence-corrected chi connectivity index (χ3v) is 3.76. The van der Waals surface area contributed by atoms with Crippen molar-refractivity contribution in [2.24, 2.45) is 0 Å². The molecule has 1 unspecified atom stereocenters. The number of aryl methyl sites for hydroxylation is 1. The van der Waals surface area contributed by atoms with Crippen LogP contribution in [0.5, 0.6) is 0 Å². The molecule has 0 saturated carbocycles. The predicted octanol–water partition coefficient (Wildman–Crippen LogP) is 2.51. The first-order valence-electron chi connectivity index (χ1n) is 7.37. The molecule has 2 heterocycles. The zero-order valence-electron chi connectivity index (χ0n) is 12.2. The Bertz CT molecular complexity index is 560. The molecule has 1 amide bonds. The minimum atomic E-state index is -0.152. The van der Waals surface area contributed by atoms with Gasteiger partial charge in [-0.3, -0.25) is 9.59 Å². The standard InChI is InChI=1S/C16H22N2O2/c1-3-5-7-12-8-6-11-18(12)16(20)13-9-10-15(19)17-14(13)4-2/h6,8-10,12H,3-5,7,11H2,1-2H3,(H,17,19). The van der Waals surface area contributed by atoms with E-state index in [0.29, 0.717) is 18.5 Å². The Labute approximate surface area is 119 Å². The molecule has 108 valence electrons. The lowest BCUT2D eigenvalue weighted by atomic mass is 10.1. The number of aromatic amines is 1. The summed E-state index contributed by atoms with van der Waals surface area (Å²) in [4.78, 5) is 28.7. The monoisotopic (exact) mass is 274 g/mol. The number of unbranched alkanes of at least 4 members (excludes halogenated alkanes) is 1. The second-order valence-corrected chi connectivity index (χ2v) is 5.16. The van der Waals surface area contributed by atoms with E-state index in [1.54, 1.807) is 6.07 Å². The smallest absolute Gasteiger partial charge is 0.256 e. The highest BCUT2D eigenvalue weighted by Gasteiger charge is 2.26. The molecule has 0 aromatic carbocycles. The van der Waals surface area contributed by atoms with E-state index in [4.69, 9.17) is 0 Å². The normalized spacial score (nSPS) is 17.7. The van der Waals surface area contributed by atoms with Crippen LogP contribution in [-0.2, 0) is 6.42 Å². The third-order valence-electron chi connectivity index (χ3n) is 3.76. The fourth-order valence-corrected chi connectivity index (χ4v) is 2.62. The van der Waals surface area contributed by atoms with Gasteiger partial charge in [0.1, 0.15) is 0 Å². The minimum Gasteiger partial charge on any atom is -0.328 e. The highest BCUT2D eigenvalue weighted by Crippen LogP contribution is 2.20. The van der Waals surface area contributed by atoms with Crippen LogP contribution in [0.25, 0.3) is 0 Å². The van der Waals surface area contributed by atoms with Gasteiger partial charge in [0.05, 0.1) is 11.6 Å². The van der Waals surface area contributed by atoms with Crippen LogP contribution < -0.4 is 5.56 Å². The quantitative estimate of drug-likeness (QED) is 0.839. The van der Waals surface area contributed by atoms with Gasteiger partial charge >= 0.3 is 0 Å².